The number of nitrogens with zero attached hydrogens (tertiary/aromatic N) is 3. The van der Waals surface area contributed by atoms with Crippen LogP contribution in [0.2, 0.25) is 5.02 Å². The molecule has 0 aliphatic rings. The Morgan fingerprint density at radius 1 is 1.06 bits per heavy atom. The van der Waals surface area contributed by atoms with Gasteiger partial charge in [-0.15, -0.1) is 11.3 Å². The second-order valence-electron chi connectivity index (χ2n) is 6.26. The van der Waals surface area contributed by atoms with E-state index in [4.69, 9.17) is 11.6 Å². The molecule has 2 amide bonds. The number of nitro benzene ring substituents is 1. The van der Waals surface area contributed by atoms with Crippen molar-refractivity contribution in [3.05, 3.63) is 74.2 Å². The molecule has 0 spiro atoms. The highest BCUT2D eigenvalue weighted by atomic mass is 35.5. The molecule has 4 aromatic rings. The number of non-ortho nitro benzene ring substituents is 1. The Bertz CT molecular complexity index is 1300. The van der Waals surface area contributed by atoms with Crippen molar-refractivity contribution in [3.8, 4) is 0 Å². The predicted molar refractivity (Wildman–Crippen MR) is 120 cm³/mol. The number of benzene rings is 2. The quantitative estimate of drug-likeness (QED) is 0.307. The fourth-order valence-electron chi connectivity index (χ4n) is 2.62. The summed E-state index contributed by atoms with van der Waals surface area (Å²) in [6, 6.07) is 10.8. The maximum Gasteiger partial charge on any atom is 0.270 e. The van der Waals surface area contributed by atoms with Gasteiger partial charge in [-0.1, -0.05) is 22.9 Å². The van der Waals surface area contributed by atoms with Crippen LogP contribution in [0.5, 0.6) is 0 Å². The van der Waals surface area contributed by atoms with Gasteiger partial charge in [0.1, 0.15) is 0 Å². The predicted octanol–water partition coefficient (Wildman–Crippen LogP) is 4.75. The minimum Gasteiger partial charge on any atom is -0.302 e. The number of nitrogens with one attached hydrogen (secondary N) is 2. The molecule has 2 aromatic carbocycles. The number of carbonyl (C=O) groups excluding carboxylic acids is 2. The third kappa shape index (κ3) is 5.02. The molecule has 9 nitrogen and oxygen atoms in total. The second kappa shape index (κ2) is 8.76. The van der Waals surface area contributed by atoms with Crippen LogP contribution in [0.4, 0.5) is 16.0 Å². The van der Waals surface area contributed by atoms with E-state index in [-0.39, 0.29) is 23.9 Å². The van der Waals surface area contributed by atoms with Gasteiger partial charge in [0, 0.05) is 28.1 Å². The van der Waals surface area contributed by atoms with Crippen LogP contribution in [-0.2, 0) is 11.2 Å². The topological polar surface area (TPSA) is 127 Å². The van der Waals surface area contributed by atoms with Crippen LogP contribution in [0.15, 0.2) is 47.8 Å². The van der Waals surface area contributed by atoms with Crippen LogP contribution in [0.25, 0.3) is 10.2 Å². The van der Waals surface area contributed by atoms with Crippen LogP contribution < -0.4 is 10.6 Å². The molecule has 0 fully saturated rings. The van der Waals surface area contributed by atoms with E-state index in [1.807, 2.05) is 0 Å². The molecule has 0 aliphatic heterocycles. The van der Waals surface area contributed by atoms with Gasteiger partial charge < -0.3 is 5.32 Å². The van der Waals surface area contributed by atoms with Gasteiger partial charge >= 0.3 is 0 Å². The molecule has 4 rings (SSSR count). The monoisotopic (exact) mass is 473 g/mol. The lowest BCUT2D eigenvalue weighted by molar-refractivity contribution is -0.384. The van der Waals surface area contributed by atoms with E-state index in [1.165, 1.54) is 29.5 Å². The summed E-state index contributed by atoms with van der Waals surface area (Å²) in [5.41, 5.74) is 1.46. The molecule has 0 aliphatic carbocycles. The van der Waals surface area contributed by atoms with Gasteiger partial charge in [0.05, 0.1) is 27.3 Å². The Morgan fingerprint density at radius 3 is 2.58 bits per heavy atom. The van der Waals surface area contributed by atoms with Crippen molar-refractivity contribution in [1.82, 2.24) is 9.97 Å². The molecule has 156 valence electrons. The number of carbonyl (C=O) groups is 2. The van der Waals surface area contributed by atoms with E-state index in [1.54, 1.807) is 29.6 Å². The van der Waals surface area contributed by atoms with Crippen molar-refractivity contribution in [2.75, 3.05) is 10.6 Å². The van der Waals surface area contributed by atoms with Gasteiger partial charge in [-0.2, -0.15) is 0 Å². The first-order chi connectivity index (χ1) is 14.9. The number of anilines is 2. The Balaban J connectivity index is 1.37. The van der Waals surface area contributed by atoms with Gasteiger partial charge in [-0.05, 0) is 30.3 Å². The van der Waals surface area contributed by atoms with Crippen molar-refractivity contribution in [2.24, 2.45) is 0 Å². The largest absolute Gasteiger partial charge is 0.302 e. The number of hydrogen-bond acceptors (Lipinski definition) is 8. The number of rotatable bonds is 6. The fourth-order valence-corrected chi connectivity index (χ4v) is 4.37. The van der Waals surface area contributed by atoms with Gasteiger partial charge in [0.15, 0.2) is 10.3 Å². The number of amides is 2. The first kappa shape index (κ1) is 20.8. The van der Waals surface area contributed by atoms with E-state index in [2.05, 4.69) is 20.6 Å². The van der Waals surface area contributed by atoms with Gasteiger partial charge in [-0.3, -0.25) is 25.0 Å². The lowest BCUT2D eigenvalue weighted by Gasteiger charge is -2.01. The molecule has 0 saturated heterocycles. The number of halogens is 1. The normalized spacial score (nSPS) is 10.7. The smallest absolute Gasteiger partial charge is 0.270 e. The lowest BCUT2D eigenvalue weighted by atomic mass is 10.2. The summed E-state index contributed by atoms with van der Waals surface area (Å²) in [7, 11) is 0. The van der Waals surface area contributed by atoms with Crippen molar-refractivity contribution in [1.29, 1.82) is 0 Å². The molecular weight excluding hydrogens is 462 g/mol. The van der Waals surface area contributed by atoms with Gasteiger partial charge in [0.2, 0.25) is 5.91 Å². The highest BCUT2D eigenvalue weighted by molar-refractivity contribution is 7.22. The van der Waals surface area contributed by atoms with Crippen molar-refractivity contribution in [2.45, 2.75) is 6.42 Å². The first-order valence-electron chi connectivity index (χ1n) is 8.73. The van der Waals surface area contributed by atoms with Gasteiger partial charge in [-0.25, -0.2) is 9.97 Å². The number of aromatic nitrogens is 2. The maximum atomic E-state index is 12.3. The summed E-state index contributed by atoms with van der Waals surface area (Å²) in [5.74, 6) is -0.667. The highest BCUT2D eigenvalue weighted by Crippen LogP contribution is 2.29. The van der Waals surface area contributed by atoms with Crippen LogP contribution in [-0.4, -0.2) is 26.7 Å². The van der Waals surface area contributed by atoms with E-state index in [0.29, 0.717) is 36.8 Å². The standard InChI is InChI=1S/C19H12ClN5O4S2/c20-11-3-1-10(2-4-11)17(27)24-18-21-12(9-30-18)7-16(26)23-19-22-14-6-5-13(25(28)29)8-15(14)31-19/h1-6,8-9H,7H2,(H,21,24,27)(H,22,23,26). The summed E-state index contributed by atoms with van der Waals surface area (Å²) in [6.07, 6.45) is -0.0105. The minimum atomic E-state index is -0.483. The summed E-state index contributed by atoms with van der Waals surface area (Å²) in [6.45, 7) is 0. The Kier molecular flexibility index (Phi) is 5.89. The van der Waals surface area contributed by atoms with Crippen LogP contribution >= 0.6 is 34.3 Å². The molecule has 2 aromatic heterocycles. The van der Waals surface area contributed by atoms with Gasteiger partial charge in [0.25, 0.3) is 11.6 Å². The summed E-state index contributed by atoms with van der Waals surface area (Å²) < 4.78 is 0.602. The molecular formula is C19H12ClN5O4S2. The number of thiazole rings is 2. The third-order valence-corrected chi connectivity index (χ3v) is 6.04. The molecule has 12 heteroatoms. The zero-order valence-corrected chi connectivity index (χ0v) is 17.9. The molecule has 0 bridgehead atoms. The minimum absolute atomic E-state index is 0.0105. The molecule has 0 unspecified atom stereocenters. The molecule has 0 atom stereocenters. The zero-order chi connectivity index (χ0) is 22.0. The molecule has 0 radical (unpaired) electrons. The molecule has 31 heavy (non-hydrogen) atoms. The van der Waals surface area contributed by atoms with Crippen LogP contribution in [0.1, 0.15) is 16.1 Å². The first-order valence-corrected chi connectivity index (χ1v) is 10.8. The average Bonchev–Trinajstić information content (AvgIpc) is 3.33. The molecule has 0 saturated carbocycles. The van der Waals surface area contributed by atoms with Crippen LogP contribution in [0, 0.1) is 10.1 Å². The number of fused-ring (bicyclic) bond motifs is 1. The summed E-state index contributed by atoms with van der Waals surface area (Å²) in [5, 5.41) is 19.2. The van der Waals surface area contributed by atoms with E-state index in [9.17, 15) is 19.7 Å². The highest BCUT2D eigenvalue weighted by Gasteiger charge is 2.14. The van der Waals surface area contributed by atoms with Crippen LogP contribution in [0.3, 0.4) is 0 Å². The Hall–Kier alpha value is -3.41. The second-order valence-corrected chi connectivity index (χ2v) is 8.58. The number of nitro groups is 1. The lowest BCUT2D eigenvalue weighted by Crippen LogP contribution is -2.15. The van der Waals surface area contributed by atoms with E-state index >= 15 is 0 Å². The van der Waals surface area contributed by atoms with E-state index in [0.717, 1.165) is 11.3 Å². The Morgan fingerprint density at radius 2 is 1.84 bits per heavy atom. The maximum absolute atomic E-state index is 12.3. The van der Waals surface area contributed by atoms with Crippen molar-refractivity contribution >= 4 is 72.3 Å². The van der Waals surface area contributed by atoms with Crippen molar-refractivity contribution < 1.29 is 14.5 Å². The fraction of sp³-hybridized carbons (Fsp3) is 0.0526. The zero-order valence-electron chi connectivity index (χ0n) is 15.5. The SMILES string of the molecule is O=C(Cc1csc(NC(=O)c2ccc(Cl)cc2)n1)Nc1nc2ccc([N+](=O)[O-])cc2s1. The average molecular weight is 474 g/mol. The third-order valence-electron chi connectivity index (χ3n) is 4.05. The molecule has 2 N–H and O–H groups in total. The van der Waals surface area contributed by atoms with E-state index < -0.39 is 4.92 Å². The van der Waals surface area contributed by atoms with Crippen molar-refractivity contribution in [3.63, 3.8) is 0 Å². The number of hydrogen-bond donors (Lipinski definition) is 2. The summed E-state index contributed by atoms with van der Waals surface area (Å²) in [4.78, 5) is 43.5. The molecule has 2 heterocycles. The summed E-state index contributed by atoms with van der Waals surface area (Å²) >= 11 is 8.17. The Labute approximate surface area is 187 Å².